The second kappa shape index (κ2) is 5.55. The zero-order chi connectivity index (χ0) is 17.6. The van der Waals surface area contributed by atoms with Crippen LogP contribution in [-0.2, 0) is 10.3 Å². The maximum Gasteiger partial charge on any atom is 0.351 e. The summed E-state index contributed by atoms with van der Waals surface area (Å²) in [6.45, 7) is 1.91. The Morgan fingerprint density at radius 3 is 2.76 bits per heavy atom. The van der Waals surface area contributed by atoms with Gasteiger partial charge in [-0.25, -0.2) is 32.8 Å². The molecule has 0 saturated carbocycles. The number of ether oxygens (including phenoxy) is 1. The molecule has 3 heterocycles. The summed E-state index contributed by atoms with van der Waals surface area (Å²) < 4.78 is 35.3. The van der Waals surface area contributed by atoms with E-state index in [0.717, 1.165) is 12.1 Å². The van der Waals surface area contributed by atoms with Gasteiger partial charge in [-0.05, 0) is 19.1 Å². The predicted octanol–water partition coefficient (Wildman–Crippen LogP) is 1.59. The predicted molar refractivity (Wildman–Crippen MR) is 82.1 cm³/mol. The normalized spacial score (nSPS) is 20.4. The summed E-state index contributed by atoms with van der Waals surface area (Å²) in [5.41, 5.74) is -1.29. The second-order valence-electron chi connectivity index (χ2n) is 5.77. The van der Waals surface area contributed by atoms with Gasteiger partial charge < -0.3 is 4.74 Å². The van der Waals surface area contributed by atoms with E-state index in [9.17, 15) is 13.6 Å². The third kappa shape index (κ3) is 2.43. The molecule has 1 saturated heterocycles. The number of hydrogen-bond donors (Lipinski definition) is 0. The standard InChI is InChI=1S/C16H13F2N5O2/c1-10(16(7-25-16)12-3-2-11(17)6-13(12)18)23-15(24)22(9-21-23)14-4-5-19-8-20-14/h2-6,8-10H,7H2,1H3/t10-,16+/m1/s1. The Labute approximate surface area is 140 Å². The molecule has 0 bridgehead atoms. The van der Waals surface area contributed by atoms with Crippen LogP contribution >= 0.6 is 0 Å². The molecule has 4 rings (SSSR count). The van der Waals surface area contributed by atoms with Crippen molar-refractivity contribution in [2.24, 2.45) is 0 Å². The van der Waals surface area contributed by atoms with E-state index in [1.807, 2.05) is 0 Å². The first-order chi connectivity index (χ1) is 12.0. The van der Waals surface area contributed by atoms with E-state index in [4.69, 9.17) is 4.74 Å². The highest BCUT2D eigenvalue weighted by Crippen LogP contribution is 2.48. The molecule has 1 aromatic carbocycles. The van der Waals surface area contributed by atoms with Crippen LogP contribution in [0.3, 0.4) is 0 Å². The molecule has 0 amide bonds. The highest BCUT2D eigenvalue weighted by Gasteiger charge is 2.54. The molecule has 1 aliphatic heterocycles. The van der Waals surface area contributed by atoms with Gasteiger partial charge in [0.15, 0.2) is 0 Å². The van der Waals surface area contributed by atoms with Crippen LogP contribution in [0, 0.1) is 11.6 Å². The quantitative estimate of drug-likeness (QED) is 0.671. The summed E-state index contributed by atoms with van der Waals surface area (Å²) in [6.07, 6.45) is 4.16. The minimum absolute atomic E-state index is 0.199. The fourth-order valence-corrected chi connectivity index (χ4v) is 2.90. The topological polar surface area (TPSA) is 78.1 Å². The first-order valence-electron chi connectivity index (χ1n) is 7.55. The van der Waals surface area contributed by atoms with Crippen molar-refractivity contribution in [1.29, 1.82) is 0 Å². The molecule has 0 aliphatic carbocycles. The Bertz CT molecular complexity index is 982. The van der Waals surface area contributed by atoms with Gasteiger partial charge in [-0.15, -0.1) is 0 Å². The van der Waals surface area contributed by atoms with Crippen LogP contribution in [0.15, 0.2) is 47.9 Å². The lowest BCUT2D eigenvalue weighted by Gasteiger charge is -2.20. The summed E-state index contributed by atoms with van der Waals surface area (Å²) >= 11 is 0. The van der Waals surface area contributed by atoms with Crippen molar-refractivity contribution in [3.8, 4) is 5.82 Å². The van der Waals surface area contributed by atoms with E-state index in [1.54, 1.807) is 13.0 Å². The lowest BCUT2D eigenvalue weighted by atomic mass is 9.92. The van der Waals surface area contributed by atoms with Crippen molar-refractivity contribution in [3.05, 3.63) is 70.8 Å². The van der Waals surface area contributed by atoms with Crippen LogP contribution in [0.1, 0.15) is 18.5 Å². The molecule has 2 atom stereocenters. The van der Waals surface area contributed by atoms with Crippen LogP contribution < -0.4 is 5.69 Å². The molecule has 1 aliphatic rings. The molecule has 0 radical (unpaired) electrons. The summed E-state index contributed by atoms with van der Waals surface area (Å²) in [6, 6.07) is 4.27. The zero-order valence-electron chi connectivity index (χ0n) is 13.1. The van der Waals surface area contributed by atoms with Crippen molar-refractivity contribution in [1.82, 2.24) is 24.3 Å². The smallest absolute Gasteiger partial charge is 0.351 e. The monoisotopic (exact) mass is 345 g/mol. The number of rotatable bonds is 4. The summed E-state index contributed by atoms with van der Waals surface area (Å²) in [5, 5.41) is 4.10. The molecule has 9 heteroatoms. The van der Waals surface area contributed by atoms with Crippen molar-refractivity contribution in [3.63, 3.8) is 0 Å². The Kier molecular flexibility index (Phi) is 3.46. The number of halogens is 2. The fourth-order valence-electron chi connectivity index (χ4n) is 2.90. The van der Waals surface area contributed by atoms with Gasteiger partial charge in [0.2, 0.25) is 0 Å². The Morgan fingerprint density at radius 1 is 1.32 bits per heavy atom. The molecule has 1 fully saturated rings. The molecule has 0 spiro atoms. The first-order valence-corrected chi connectivity index (χ1v) is 7.55. The molecule has 25 heavy (non-hydrogen) atoms. The maximum atomic E-state index is 14.2. The first kappa shape index (κ1) is 15.6. The minimum Gasteiger partial charge on any atom is -0.362 e. The van der Waals surface area contributed by atoms with Crippen molar-refractivity contribution in [2.75, 3.05) is 6.61 Å². The SMILES string of the molecule is C[C@@H](n1ncn(-c2ccncn2)c1=O)[C@]1(c2ccc(F)cc2F)CO1. The third-order valence-corrected chi connectivity index (χ3v) is 4.39. The lowest BCUT2D eigenvalue weighted by molar-refractivity contribution is 0.211. The number of nitrogens with zero attached hydrogens (tertiary/aromatic N) is 5. The molecular weight excluding hydrogens is 332 g/mol. The largest absolute Gasteiger partial charge is 0.362 e. The Morgan fingerprint density at radius 2 is 2.12 bits per heavy atom. The molecule has 0 unspecified atom stereocenters. The zero-order valence-corrected chi connectivity index (χ0v) is 13.1. The van der Waals surface area contributed by atoms with Gasteiger partial charge in [0.1, 0.15) is 35.7 Å². The number of aromatic nitrogens is 5. The fraction of sp³-hybridized carbons (Fsp3) is 0.250. The van der Waals surface area contributed by atoms with Crippen LogP contribution in [0.5, 0.6) is 0 Å². The highest BCUT2D eigenvalue weighted by atomic mass is 19.1. The average Bonchev–Trinajstić information content (AvgIpc) is 3.32. The van der Waals surface area contributed by atoms with Gasteiger partial charge in [-0.3, -0.25) is 0 Å². The summed E-state index contributed by atoms with van der Waals surface area (Å²) in [4.78, 5) is 20.5. The van der Waals surface area contributed by atoms with Crippen molar-refractivity contribution in [2.45, 2.75) is 18.6 Å². The Balaban J connectivity index is 1.74. The molecule has 7 nitrogen and oxygen atoms in total. The van der Waals surface area contributed by atoms with Gasteiger partial charge >= 0.3 is 5.69 Å². The van der Waals surface area contributed by atoms with E-state index in [1.165, 1.54) is 34.2 Å². The van der Waals surface area contributed by atoms with Crippen LogP contribution in [0.25, 0.3) is 5.82 Å². The van der Waals surface area contributed by atoms with Gasteiger partial charge in [0.25, 0.3) is 0 Å². The second-order valence-corrected chi connectivity index (χ2v) is 5.77. The van der Waals surface area contributed by atoms with Gasteiger partial charge in [0, 0.05) is 17.8 Å². The van der Waals surface area contributed by atoms with Crippen LogP contribution in [0.2, 0.25) is 0 Å². The van der Waals surface area contributed by atoms with Crippen molar-refractivity contribution < 1.29 is 13.5 Å². The molecule has 2 aromatic heterocycles. The van der Waals surface area contributed by atoms with E-state index in [-0.39, 0.29) is 12.2 Å². The van der Waals surface area contributed by atoms with Crippen molar-refractivity contribution >= 4 is 0 Å². The van der Waals surface area contributed by atoms with E-state index >= 15 is 0 Å². The molecule has 3 aromatic rings. The number of benzene rings is 1. The van der Waals surface area contributed by atoms with E-state index in [0.29, 0.717) is 5.82 Å². The highest BCUT2D eigenvalue weighted by molar-refractivity contribution is 5.30. The molecule has 0 N–H and O–H groups in total. The average molecular weight is 345 g/mol. The van der Waals surface area contributed by atoms with Crippen LogP contribution in [-0.4, -0.2) is 30.9 Å². The minimum atomic E-state index is -1.05. The van der Waals surface area contributed by atoms with E-state index in [2.05, 4.69) is 15.1 Å². The molecular formula is C16H13F2N5O2. The van der Waals surface area contributed by atoms with Gasteiger partial charge in [-0.1, -0.05) is 6.07 Å². The summed E-state index contributed by atoms with van der Waals surface area (Å²) in [7, 11) is 0. The van der Waals surface area contributed by atoms with E-state index < -0.39 is 29.0 Å². The molecule has 128 valence electrons. The lowest BCUT2D eigenvalue weighted by Crippen LogP contribution is -2.34. The summed E-state index contributed by atoms with van der Waals surface area (Å²) in [5.74, 6) is -1.01. The van der Waals surface area contributed by atoms with Gasteiger partial charge in [0.05, 0.1) is 12.6 Å². The van der Waals surface area contributed by atoms with Gasteiger partial charge in [-0.2, -0.15) is 5.10 Å². The number of epoxide rings is 1. The van der Waals surface area contributed by atoms with Crippen LogP contribution in [0.4, 0.5) is 8.78 Å². The third-order valence-electron chi connectivity index (χ3n) is 4.39. The Hall–Kier alpha value is -2.94. The maximum absolute atomic E-state index is 14.2. The number of hydrogen-bond acceptors (Lipinski definition) is 5.